The van der Waals surface area contributed by atoms with Gasteiger partial charge in [0.15, 0.2) is 0 Å². The Morgan fingerprint density at radius 2 is 1.89 bits per heavy atom. The molecule has 0 fully saturated rings. The highest BCUT2D eigenvalue weighted by molar-refractivity contribution is 8.22. The van der Waals surface area contributed by atoms with E-state index in [-0.39, 0.29) is 0 Å². The lowest BCUT2D eigenvalue weighted by Crippen LogP contribution is -2.26. The van der Waals surface area contributed by atoms with Crippen molar-refractivity contribution in [2.75, 3.05) is 13.1 Å². The molecule has 0 saturated heterocycles. The van der Waals surface area contributed by atoms with E-state index in [1.165, 1.54) is 23.9 Å². The Hall–Kier alpha value is -0.750. The van der Waals surface area contributed by atoms with E-state index in [2.05, 4.69) is 0 Å². The Labute approximate surface area is 121 Å². The summed E-state index contributed by atoms with van der Waals surface area (Å²) >= 11 is 6.64. The summed E-state index contributed by atoms with van der Waals surface area (Å²) in [4.78, 5) is 2.01. The number of nitrogens with zero attached hydrogens (tertiary/aromatic N) is 1. The number of thioether (sulfide) groups is 1. The summed E-state index contributed by atoms with van der Waals surface area (Å²) in [5, 5.41) is 0. The van der Waals surface area contributed by atoms with Crippen molar-refractivity contribution in [1.29, 1.82) is 0 Å². The number of alkyl halides is 3. The molecule has 19 heavy (non-hydrogen) atoms. The van der Waals surface area contributed by atoms with E-state index < -0.39 is 11.7 Å². The van der Waals surface area contributed by atoms with Crippen LogP contribution in [0.4, 0.5) is 13.2 Å². The second kappa shape index (κ2) is 7.14. The van der Waals surface area contributed by atoms with Crippen molar-refractivity contribution in [2.24, 2.45) is 0 Å². The minimum atomic E-state index is -4.29. The number of rotatable bonds is 4. The second-order valence-corrected chi connectivity index (χ2v) is 5.53. The first-order valence-corrected chi connectivity index (χ1v) is 7.35. The molecule has 1 aromatic rings. The predicted octanol–water partition coefficient (Wildman–Crippen LogP) is 4.57. The molecule has 6 heteroatoms. The molecule has 106 valence electrons. The Kier molecular flexibility index (Phi) is 6.13. The summed E-state index contributed by atoms with van der Waals surface area (Å²) in [7, 11) is 0. The second-order valence-electron chi connectivity index (χ2n) is 3.93. The molecule has 1 rings (SSSR count). The molecule has 1 aromatic carbocycles. The van der Waals surface area contributed by atoms with E-state index in [0.29, 0.717) is 11.3 Å². The van der Waals surface area contributed by atoms with Gasteiger partial charge < -0.3 is 4.90 Å². The molecule has 0 aliphatic rings. The van der Waals surface area contributed by atoms with Crippen molar-refractivity contribution in [2.45, 2.75) is 25.8 Å². The zero-order valence-electron chi connectivity index (χ0n) is 10.8. The number of benzene rings is 1. The third-order valence-electron chi connectivity index (χ3n) is 2.64. The van der Waals surface area contributed by atoms with E-state index in [1.807, 2.05) is 18.7 Å². The smallest absolute Gasteiger partial charge is 0.358 e. The van der Waals surface area contributed by atoms with Crippen molar-refractivity contribution in [1.82, 2.24) is 4.90 Å². The maximum atomic E-state index is 12.6. The lowest BCUT2D eigenvalue weighted by molar-refractivity contribution is -0.137. The van der Waals surface area contributed by atoms with Gasteiger partial charge in [0, 0.05) is 18.8 Å². The lowest BCUT2D eigenvalue weighted by atomic mass is 10.1. The fourth-order valence-corrected chi connectivity index (χ4v) is 2.90. The lowest BCUT2D eigenvalue weighted by Gasteiger charge is -2.20. The molecule has 0 amide bonds. The van der Waals surface area contributed by atoms with Gasteiger partial charge in [-0.3, -0.25) is 0 Å². The van der Waals surface area contributed by atoms with Gasteiger partial charge in [0.2, 0.25) is 0 Å². The molecule has 0 aliphatic carbocycles. The number of hydrogen-bond acceptors (Lipinski definition) is 2. The first-order chi connectivity index (χ1) is 8.88. The van der Waals surface area contributed by atoms with Crippen LogP contribution in [0.5, 0.6) is 0 Å². The van der Waals surface area contributed by atoms with E-state index in [9.17, 15) is 13.2 Å². The third-order valence-corrected chi connectivity index (χ3v) is 4.23. The highest BCUT2D eigenvalue weighted by Gasteiger charge is 2.30. The van der Waals surface area contributed by atoms with Crippen LogP contribution in [0.3, 0.4) is 0 Å². The van der Waals surface area contributed by atoms with Gasteiger partial charge in [-0.25, -0.2) is 0 Å². The fraction of sp³-hybridized carbons (Fsp3) is 0.462. The highest BCUT2D eigenvalue weighted by atomic mass is 32.2. The van der Waals surface area contributed by atoms with Crippen molar-refractivity contribution in [3.05, 3.63) is 35.4 Å². The zero-order chi connectivity index (χ0) is 14.5. The van der Waals surface area contributed by atoms with Crippen molar-refractivity contribution >= 4 is 28.3 Å². The predicted molar refractivity (Wildman–Crippen MR) is 78.3 cm³/mol. The van der Waals surface area contributed by atoms with Gasteiger partial charge >= 0.3 is 6.18 Å². The summed E-state index contributed by atoms with van der Waals surface area (Å²) in [6, 6.07) is 5.38. The average molecular weight is 307 g/mol. The fourth-order valence-electron chi connectivity index (χ4n) is 1.56. The number of thiocarbonyl (C=S) groups is 1. The van der Waals surface area contributed by atoms with Crippen LogP contribution in [0.2, 0.25) is 0 Å². The van der Waals surface area contributed by atoms with Crippen LogP contribution in [0.15, 0.2) is 24.3 Å². The molecule has 0 radical (unpaired) electrons. The molecule has 0 unspecified atom stereocenters. The van der Waals surface area contributed by atoms with Gasteiger partial charge in [0.05, 0.1) is 5.56 Å². The van der Waals surface area contributed by atoms with Crippen LogP contribution in [-0.2, 0) is 11.9 Å². The SMILES string of the molecule is CCN(CC)C(=S)SCc1cccc(C(F)(F)F)c1. The quantitative estimate of drug-likeness (QED) is 0.750. The first-order valence-electron chi connectivity index (χ1n) is 5.96. The summed E-state index contributed by atoms with van der Waals surface area (Å²) < 4.78 is 38.4. The highest BCUT2D eigenvalue weighted by Crippen LogP contribution is 2.30. The Morgan fingerprint density at radius 3 is 2.42 bits per heavy atom. The normalized spacial score (nSPS) is 11.4. The van der Waals surface area contributed by atoms with Crippen LogP contribution in [0, 0.1) is 0 Å². The topological polar surface area (TPSA) is 3.24 Å². The molecule has 0 spiro atoms. The average Bonchev–Trinajstić information content (AvgIpc) is 2.37. The molecular weight excluding hydrogens is 291 g/mol. The number of hydrogen-bond donors (Lipinski definition) is 0. The number of halogens is 3. The molecule has 0 aliphatic heterocycles. The Morgan fingerprint density at radius 1 is 1.26 bits per heavy atom. The summed E-state index contributed by atoms with van der Waals surface area (Å²) in [5.74, 6) is 0.458. The van der Waals surface area contributed by atoms with Crippen LogP contribution in [0.1, 0.15) is 25.0 Å². The first kappa shape index (κ1) is 16.3. The summed E-state index contributed by atoms with van der Waals surface area (Å²) in [6.07, 6.45) is -4.29. The summed E-state index contributed by atoms with van der Waals surface area (Å²) in [5.41, 5.74) is 0.0219. The molecule has 0 bridgehead atoms. The van der Waals surface area contributed by atoms with E-state index in [4.69, 9.17) is 12.2 Å². The monoisotopic (exact) mass is 307 g/mol. The minimum Gasteiger partial charge on any atom is -0.358 e. The van der Waals surface area contributed by atoms with Gasteiger partial charge in [-0.05, 0) is 25.5 Å². The molecule has 0 aromatic heterocycles. The van der Waals surface area contributed by atoms with Crippen LogP contribution in [0.25, 0.3) is 0 Å². The standard InChI is InChI=1S/C13H16F3NS2/c1-3-17(4-2)12(18)19-9-10-6-5-7-11(8-10)13(14,15)16/h5-8H,3-4,9H2,1-2H3. The van der Waals surface area contributed by atoms with E-state index in [1.54, 1.807) is 6.07 Å². The van der Waals surface area contributed by atoms with Gasteiger partial charge in [0.1, 0.15) is 4.32 Å². The molecular formula is C13H16F3NS2. The minimum absolute atomic E-state index is 0.458. The van der Waals surface area contributed by atoms with Crippen molar-refractivity contribution in [3.8, 4) is 0 Å². The van der Waals surface area contributed by atoms with Crippen LogP contribution < -0.4 is 0 Å². The van der Waals surface area contributed by atoms with Gasteiger partial charge in [-0.2, -0.15) is 13.2 Å². The van der Waals surface area contributed by atoms with Gasteiger partial charge in [0.25, 0.3) is 0 Å². The van der Waals surface area contributed by atoms with Crippen LogP contribution in [-0.4, -0.2) is 22.3 Å². The van der Waals surface area contributed by atoms with E-state index >= 15 is 0 Å². The molecule has 1 nitrogen and oxygen atoms in total. The maximum Gasteiger partial charge on any atom is 0.416 e. The van der Waals surface area contributed by atoms with Gasteiger partial charge in [-0.15, -0.1) is 0 Å². The van der Waals surface area contributed by atoms with Crippen molar-refractivity contribution in [3.63, 3.8) is 0 Å². The zero-order valence-corrected chi connectivity index (χ0v) is 12.5. The molecule has 0 N–H and O–H groups in total. The van der Waals surface area contributed by atoms with E-state index in [0.717, 1.165) is 23.5 Å². The summed E-state index contributed by atoms with van der Waals surface area (Å²) in [6.45, 7) is 5.62. The third kappa shape index (κ3) is 5.03. The Bertz CT molecular complexity index is 428. The Balaban J connectivity index is 2.66. The van der Waals surface area contributed by atoms with Crippen molar-refractivity contribution < 1.29 is 13.2 Å². The van der Waals surface area contributed by atoms with Crippen LogP contribution >= 0.6 is 24.0 Å². The molecule has 0 atom stereocenters. The molecule has 0 heterocycles. The maximum absolute atomic E-state index is 12.6. The van der Waals surface area contributed by atoms with Gasteiger partial charge in [-0.1, -0.05) is 42.2 Å². The molecule has 0 saturated carbocycles. The largest absolute Gasteiger partial charge is 0.416 e.